The first-order valence-corrected chi connectivity index (χ1v) is 7.25. The maximum absolute atomic E-state index is 11.7. The molecule has 0 fully saturated rings. The summed E-state index contributed by atoms with van der Waals surface area (Å²) in [5, 5.41) is 20.7. The van der Waals surface area contributed by atoms with Crippen molar-refractivity contribution in [1.29, 1.82) is 0 Å². The van der Waals surface area contributed by atoms with E-state index in [1.54, 1.807) is 0 Å². The number of carbonyl (C=O) groups is 1. The van der Waals surface area contributed by atoms with E-state index in [1.165, 1.54) is 0 Å². The molecule has 2 N–H and O–H groups in total. The predicted molar refractivity (Wildman–Crippen MR) is 78.6 cm³/mol. The number of carboxylic acids is 1. The highest BCUT2D eigenvalue weighted by atomic mass is 16.4. The van der Waals surface area contributed by atoms with Crippen LogP contribution < -0.4 is 0 Å². The van der Waals surface area contributed by atoms with Crippen LogP contribution in [-0.4, -0.2) is 16.2 Å². The van der Waals surface area contributed by atoms with Crippen LogP contribution in [0.3, 0.4) is 0 Å². The second-order valence-corrected chi connectivity index (χ2v) is 6.91. The number of rotatable bonds is 3. The molecule has 0 bridgehead atoms. The summed E-state index contributed by atoms with van der Waals surface area (Å²) in [6.45, 7) is 8.02. The van der Waals surface area contributed by atoms with Crippen LogP contribution in [0.1, 0.15) is 51.7 Å². The lowest BCUT2D eigenvalue weighted by Crippen LogP contribution is -2.47. The van der Waals surface area contributed by atoms with E-state index in [-0.39, 0.29) is 11.3 Å². The van der Waals surface area contributed by atoms with Gasteiger partial charge in [-0.15, -0.1) is 0 Å². The van der Waals surface area contributed by atoms with Gasteiger partial charge in [-0.25, -0.2) is 0 Å². The van der Waals surface area contributed by atoms with Crippen molar-refractivity contribution in [2.45, 2.75) is 51.6 Å². The van der Waals surface area contributed by atoms with Crippen molar-refractivity contribution >= 4 is 5.97 Å². The zero-order valence-electron chi connectivity index (χ0n) is 12.7. The van der Waals surface area contributed by atoms with Crippen molar-refractivity contribution in [3.8, 4) is 0 Å². The van der Waals surface area contributed by atoms with Gasteiger partial charge in [0.15, 0.2) is 0 Å². The minimum absolute atomic E-state index is 0.0249. The molecule has 2 rings (SSSR count). The van der Waals surface area contributed by atoms with E-state index in [1.807, 2.05) is 38.1 Å². The second kappa shape index (κ2) is 4.88. The molecule has 0 spiro atoms. The molecule has 1 aromatic carbocycles. The van der Waals surface area contributed by atoms with Crippen molar-refractivity contribution in [3.05, 3.63) is 35.4 Å². The highest BCUT2D eigenvalue weighted by Crippen LogP contribution is 2.49. The highest BCUT2D eigenvalue weighted by molar-refractivity contribution is 5.72. The minimum atomic E-state index is -1.27. The van der Waals surface area contributed by atoms with Gasteiger partial charge in [-0.3, -0.25) is 4.79 Å². The van der Waals surface area contributed by atoms with Crippen molar-refractivity contribution in [1.82, 2.24) is 0 Å². The van der Waals surface area contributed by atoms with E-state index in [2.05, 4.69) is 13.8 Å². The Morgan fingerprint density at radius 2 is 1.70 bits per heavy atom. The van der Waals surface area contributed by atoms with Gasteiger partial charge in [0.1, 0.15) is 5.60 Å². The van der Waals surface area contributed by atoms with Gasteiger partial charge in [0.05, 0.1) is 5.92 Å². The molecule has 2 atom stereocenters. The van der Waals surface area contributed by atoms with Crippen LogP contribution in [0.15, 0.2) is 24.3 Å². The lowest BCUT2D eigenvalue weighted by molar-refractivity contribution is -0.159. The second-order valence-electron chi connectivity index (χ2n) is 6.91. The number of aliphatic hydroxyl groups is 1. The Morgan fingerprint density at radius 3 is 2.20 bits per heavy atom. The Kier molecular flexibility index (Phi) is 3.67. The van der Waals surface area contributed by atoms with Gasteiger partial charge >= 0.3 is 5.97 Å². The van der Waals surface area contributed by atoms with Crippen LogP contribution in [0.4, 0.5) is 0 Å². The molecule has 1 aromatic rings. The number of benzene rings is 1. The summed E-state index contributed by atoms with van der Waals surface area (Å²) < 4.78 is 0. The maximum Gasteiger partial charge on any atom is 0.310 e. The van der Waals surface area contributed by atoms with Gasteiger partial charge in [-0.1, -0.05) is 52.0 Å². The normalized spacial score (nSPS) is 26.1. The number of fused-ring (bicyclic) bond motifs is 1. The van der Waals surface area contributed by atoms with Gasteiger partial charge in [-0.2, -0.15) is 0 Å². The summed E-state index contributed by atoms with van der Waals surface area (Å²) in [5.41, 5.74) is 0.563. The molecule has 0 amide bonds. The fourth-order valence-electron chi connectivity index (χ4n) is 3.59. The molecule has 0 aliphatic heterocycles. The lowest BCUT2D eigenvalue weighted by atomic mass is 9.61. The monoisotopic (exact) mass is 276 g/mol. The van der Waals surface area contributed by atoms with Gasteiger partial charge in [-0.05, 0) is 35.3 Å². The molecular formula is C17H24O3. The summed E-state index contributed by atoms with van der Waals surface area (Å²) in [7, 11) is 0. The summed E-state index contributed by atoms with van der Waals surface area (Å²) in [6, 6.07) is 7.73. The summed E-state index contributed by atoms with van der Waals surface area (Å²) in [4.78, 5) is 11.7. The standard InChI is InChI=1S/C17H24O3/c1-11(2)14(15(18)19)17(20)10-9-16(3,4)12-7-5-6-8-13(12)17/h5-8,11,14,20H,9-10H2,1-4H3,(H,18,19). The zero-order chi connectivity index (χ0) is 15.1. The van der Waals surface area contributed by atoms with E-state index in [0.29, 0.717) is 6.42 Å². The Labute approximate surface area is 120 Å². The number of carboxylic acid groups (broad SMARTS) is 1. The van der Waals surface area contributed by atoms with Gasteiger partial charge in [0, 0.05) is 0 Å². The van der Waals surface area contributed by atoms with E-state index in [4.69, 9.17) is 0 Å². The smallest absolute Gasteiger partial charge is 0.310 e. The lowest BCUT2D eigenvalue weighted by Gasteiger charge is -2.46. The SMILES string of the molecule is CC(C)C(C(=O)O)C1(O)CCC(C)(C)c2ccccc21. The van der Waals surface area contributed by atoms with Crippen LogP contribution in [0.25, 0.3) is 0 Å². The van der Waals surface area contributed by atoms with E-state index in [9.17, 15) is 15.0 Å². The zero-order valence-corrected chi connectivity index (χ0v) is 12.7. The first kappa shape index (κ1) is 15.0. The topological polar surface area (TPSA) is 57.5 Å². The van der Waals surface area contributed by atoms with Crippen molar-refractivity contribution in [3.63, 3.8) is 0 Å². The number of aliphatic carboxylic acids is 1. The van der Waals surface area contributed by atoms with E-state index < -0.39 is 17.5 Å². The van der Waals surface area contributed by atoms with Crippen molar-refractivity contribution in [2.75, 3.05) is 0 Å². The van der Waals surface area contributed by atoms with Crippen LogP contribution in [0, 0.1) is 11.8 Å². The van der Waals surface area contributed by atoms with Crippen molar-refractivity contribution < 1.29 is 15.0 Å². The average molecular weight is 276 g/mol. The molecule has 20 heavy (non-hydrogen) atoms. The molecule has 3 heteroatoms. The van der Waals surface area contributed by atoms with Crippen molar-refractivity contribution in [2.24, 2.45) is 11.8 Å². The largest absolute Gasteiger partial charge is 0.481 e. The molecule has 0 saturated carbocycles. The molecule has 0 aromatic heterocycles. The third-order valence-electron chi connectivity index (χ3n) is 4.70. The maximum atomic E-state index is 11.7. The third kappa shape index (κ3) is 2.24. The van der Waals surface area contributed by atoms with Crippen LogP contribution in [-0.2, 0) is 15.8 Å². The Morgan fingerprint density at radius 1 is 1.15 bits per heavy atom. The number of hydrogen-bond acceptors (Lipinski definition) is 2. The highest BCUT2D eigenvalue weighted by Gasteiger charge is 2.50. The number of hydrogen-bond donors (Lipinski definition) is 2. The van der Waals surface area contributed by atoms with Crippen LogP contribution >= 0.6 is 0 Å². The van der Waals surface area contributed by atoms with Crippen LogP contribution in [0.5, 0.6) is 0 Å². The molecule has 0 saturated heterocycles. The molecule has 2 unspecified atom stereocenters. The summed E-state index contributed by atoms with van der Waals surface area (Å²) >= 11 is 0. The average Bonchev–Trinajstić information content (AvgIpc) is 2.34. The molecule has 110 valence electrons. The predicted octanol–water partition coefficient (Wildman–Crippen LogP) is 3.30. The minimum Gasteiger partial charge on any atom is -0.481 e. The molecule has 1 aliphatic rings. The van der Waals surface area contributed by atoms with E-state index in [0.717, 1.165) is 17.5 Å². The van der Waals surface area contributed by atoms with Gasteiger partial charge < -0.3 is 10.2 Å². The molecule has 0 radical (unpaired) electrons. The third-order valence-corrected chi connectivity index (χ3v) is 4.70. The summed E-state index contributed by atoms with van der Waals surface area (Å²) in [5.74, 6) is -1.82. The van der Waals surface area contributed by atoms with E-state index >= 15 is 0 Å². The molecular weight excluding hydrogens is 252 g/mol. The first-order valence-electron chi connectivity index (χ1n) is 7.25. The molecule has 1 aliphatic carbocycles. The summed E-state index contributed by atoms with van der Waals surface area (Å²) in [6.07, 6.45) is 1.28. The van der Waals surface area contributed by atoms with Gasteiger partial charge in [0.25, 0.3) is 0 Å². The Balaban J connectivity index is 2.61. The Hall–Kier alpha value is -1.35. The first-order chi connectivity index (χ1) is 9.20. The fourth-order valence-corrected chi connectivity index (χ4v) is 3.59. The fraction of sp³-hybridized carbons (Fsp3) is 0.588. The van der Waals surface area contributed by atoms with Crippen LogP contribution in [0.2, 0.25) is 0 Å². The molecule has 0 heterocycles. The molecule has 3 nitrogen and oxygen atoms in total. The van der Waals surface area contributed by atoms with Gasteiger partial charge in [0.2, 0.25) is 0 Å². The Bertz CT molecular complexity index is 519. The quantitative estimate of drug-likeness (QED) is 0.890.